The van der Waals surface area contributed by atoms with Gasteiger partial charge in [0.05, 0.1) is 14.2 Å². The van der Waals surface area contributed by atoms with E-state index in [2.05, 4.69) is 23.3 Å². The van der Waals surface area contributed by atoms with E-state index in [9.17, 15) is 21.6 Å². The van der Waals surface area contributed by atoms with Crippen molar-refractivity contribution in [2.45, 2.75) is 43.4 Å². The SMILES string of the molecule is COS(=O)(=O)c1cc(CC(=S)CC(C)C)ccc1/C=C/c1ccc(NC(C)=O)cc1S(=O)(=O)OC. The van der Waals surface area contributed by atoms with Gasteiger partial charge in [0.2, 0.25) is 5.91 Å². The van der Waals surface area contributed by atoms with E-state index < -0.39 is 20.2 Å². The number of carbonyl (C=O) groups excluding carboxylic acids is 1. The van der Waals surface area contributed by atoms with Crippen LogP contribution >= 0.6 is 12.2 Å². The van der Waals surface area contributed by atoms with E-state index in [-0.39, 0.29) is 26.9 Å². The van der Waals surface area contributed by atoms with Crippen LogP contribution in [0, 0.1) is 5.92 Å². The highest BCUT2D eigenvalue weighted by Gasteiger charge is 2.20. The molecule has 190 valence electrons. The van der Waals surface area contributed by atoms with Crippen molar-refractivity contribution in [1.82, 2.24) is 0 Å². The number of hydrogen-bond donors (Lipinski definition) is 1. The lowest BCUT2D eigenvalue weighted by atomic mass is 10.0. The summed E-state index contributed by atoms with van der Waals surface area (Å²) in [5.41, 5.74) is 1.54. The quantitative estimate of drug-likeness (QED) is 0.253. The van der Waals surface area contributed by atoms with Crippen molar-refractivity contribution in [3.8, 4) is 0 Å². The molecule has 0 heterocycles. The zero-order valence-electron chi connectivity index (χ0n) is 20.2. The second-order valence-corrected chi connectivity index (χ2v) is 12.1. The van der Waals surface area contributed by atoms with Crippen molar-refractivity contribution in [2.24, 2.45) is 5.92 Å². The van der Waals surface area contributed by atoms with Gasteiger partial charge < -0.3 is 5.32 Å². The molecule has 0 bridgehead atoms. The Morgan fingerprint density at radius 2 is 1.46 bits per heavy atom. The van der Waals surface area contributed by atoms with Gasteiger partial charge in [0.1, 0.15) is 9.79 Å². The molecule has 1 amide bonds. The molecule has 0 atom stereocenters. The Hall–Kier alpha value is -2.44. The number of thiocarbonyl (C=S) groups is 1. The molecule has 0 unspecified atom stereocenters. The van der Waals surface area contributed by atoms with E-state index in [1.54, 1.807) is 12.1 Å². The van der Waals surface area contributed by atoms with Gasteiger partial charge in [-0.1, -0.05) is 56.4 Å². The monoisotopic (exact) mass is 539 g/mol. The lowest BCUT2D eigenvalue weighted by Gasteiger charge is -2.12. The van der Waals surface area contributed by atoms with Crippen molar-refractivity contribution in [3.63, 3.8) is 0 Å². The molecule has 0 radical (unpaired) electrons. The summed E-state index contributed by atoms with van der Waals surface area (Å²) in [7, 11) is -6.09. The standard InChI is InChI=1S/C24H29NO7S3/c1-16(2)12-22(33)13-18-6-7-19(23(14-18)34(27,28)31-4)8-9-20-10-11-21(25-17(3)26)15-24(20)35(29,30)32-5/h6-11,14-16H,12-13H2,1-5H3,(H,25,26)/b9-8+. The second kappa shape index (κ2) is 12.0. The molecule has 2 rings (SSSR count). The predicted molar refractivity (Wildman–Crippen MR) is 140 cm³/mol. The van der Waals surface area contributed by atoms with Gasteiger partial charge in [-0.15, -0.1) is 0 Å². The van der Waals surface area contributed by atoms with Crippen LogP contribution in [-0.4, -0.2) is 41.8 Å². The summed E-state index contributed by atoms with van der Waals surface area (Å²) in [4.78, 5) is 11.9. The summed E-state index contributed by atoms with van der Waals surface area (Å²) < 4.78 is 59.6. The lowest BCUT2D eigenvalue weighted by molar-refractivity contribution is -0.114. The Morgan fingerprint density at radius 1 is 0.943 bits per heavy atom. The van der Waals surface area contributed by atoms with Gasteiger partial charge in [-0.25, -0.2) is 0 Å². The van der Waals surface area contributed by atoms with E-state index in [1.807, 2.05) is 0 Å². The van der Waals surface area contributed by atoms with Crippen molar-refractivity contribution in [2.75, 3.05) is 19.5 Å². The maximum atomic E-state index is 12.6. The molecule has 2 aromatic rings. The first-order valence-electron chi connectivity index (χ1n) is 10.6. The van der Waals surface area contributed by atoms with Gasteiger partial charge in [-0.2, -0.15) is 16.8 Å². The molecule has 2 aromatic carbocycles. The fraction of sp³-hybridized carbons (Fsp3) is 0.333. The van der Waals surface area contributed by atoms with Gasteiger partial charge in [0.15, 0.2) is 0 Å². The van der Waals surface area contributed by atoms with Gasteiger partial charge in [0.25, 0.3) is 20.2 Å². The third kappa shape index (κ3) is 8.04. The van der Waals surface area contributed by atoms with Crippen molar-refractivity contribution >= 4 is 61.1 Å². The average molecular weight is 540 g/mol. The highest BCUT2D eigenvalue weighted by atomic mass is 32.2. The lowest BCUT2D eigenvalue weighted by Crippen LogP contribution is -2.09. The second-order valence-electron chi connectivity index (χ2n) is 8.19. The summed E-state index contributed by atoms with van der Waals surface area (Å²) >= 11 is 5.43. The van der Waals surface area contributed by atoms with E-state index in [4.69, 9.17) is 16.4 Å². The van der Waals surface area contributed by atoms with Crippen molar-refractivity contribution < 1.29 is 30.0 Å². The highest BCUT2D eigenvalue weighted by molar-refractivity contribution is 7.87. The molecule has 35 heavy (non-hydrogen) atoms. The van der Waals surface area contributed by atoms with Gasteiger partial charge >= 0.3 is 0 Å². The van der Waals surface area contributed by atoms with Crippen molar-refractivity contribution in [1.29, 1.82) is 0 Å². The summed E-state index contributed by atoms with van der Waals surface area (Å²) in [6, 6.07) is 9.18. The van der Waals surface area contributed by atoms with E-state index >= 15 is 0 Å². The van der Waals surface area contributed by atoms with Crippen LogP contribution in [0.25, 0.3) is 12.2 Å². The molecule has 0 spiro atoms. The van der Waals surface area contributed by atoms with Crippen LogP contribution in [0.1, 0.15) is 43.9 Å². The smallest absolute Gasteiger partial charge is 0.297 e. The Balaban J connectivity index is 2.55. The molecule has 0 fully saturated rings. The maximum absolute atomic E-state index is 12.6. The fourth-order valence-electron chi connectivity index (χ4n) is 3.33. The number of benzene rings is 2. The molecule has 1 N–H and O–H groups in total. The van der Waals surface area contributed by atoms with E-state index in [0.29, 0.717) is 17.9 Å². The summed E-state index contributed by atoms with van der Waals surface area (Å²) in [5, 5.41) is 2.52. The average Bonchev–Trinajstić information content (AvgIpc) is 2.77. The minimum absolute atomic E-state index is 0.0629. The fourth-order valence-corrected chi connectivity index (χ4v) is 5.60. The van der Waals surface area contributed by atoms with Gasteiger partial charge in [-0.05, 0) is 52.1 Å². The Labute approximate surface area is 212 Å². The third-order valence-corrected chi connectivity index (χ3v) is 7.84. The molecular formula is C24H29NO7S3. The topological polar surface area (TPSA) is 116 Å². The summed E-state index contributed by atoms with van der Waals surface area (Å²) in [5.74, 6) is 0.0259. The van der Waals surface area contributed by atoms with Crippen LogP contribution in [0.2, 0.25) is 0 Å². The van der Waals surface area contributed by atoms with Gasteiger partial charge in [0, 0.05) is 19.0 Å². The summed E-state index contributed by atoms with van der Waals surface area (Å²) in [6.45, 7) is 5.42. The molecule has 0 aliphatic rings. The normalized spacial score (nSPS) is 12.3. The first-order chi connectivity index (χ1) is 16.3. The number of anilines is 1. The molecule has 11 heteroatoms. The number of carbonyl (C=O) groups is 1. The van der Waals surface area contributed by atoms with Crippen LogP contribution < -0.4 is 5.32 Å². The third-order valence-electron chi connectivity index (χ3n) is 4.87. The minimum atomic E-state index is -4.12. The molecule has 0 saturated carbocycles. The zero-order chi connectivity index (χ0) is 26.4. The number of rotatable bonds is 11. The Bertz CT molecular complexity index is 1350. The maximum Gasteiger partial charge on any atom is 0.297 e. The first kappa shape index (κ1) is 28.8. The van der Waals surface area contributed by atoms with Crippen LogP contribution in [0.3, 0.4) is 0 Å². The first-order valence-corrected chi connectivity index (χ1v) is 13.9. The largest absolute Gasteiger partial charge is 0.326 e. The minimum Gasteiger partial charge on any atom is -0.326 e. The van der Waals surface area contributed by atoms with E-state index in [1.165, 1.54) is 43.3 Å². The zero-order valence-corrected chi connectivity index (χ0v) is 22.6. The molecule has 8 nitrogen and oxygen atoms in total. The Morgan fingerprint density at radius 3 is 1.94 bits per heavy atom. The van der Waals surface area contributed by atoms with Crippen molar-refractivity contribution in [3.05, 3.63) is 53.1 Å². The Kier molecular flexibility index (Phi) is 9.87. The molecule has 0 aliphatic heterocycles. The van der Waals surface area contributed by atoms with Gasteiger partial charge in [-0.3, -0.25) is 13.2 Å². The number of amides is 1. The predicted octanol–water partition coefficient (Wildman–Crippen LogP) is 4.44. The van der Waals surface area contributed by atoms with Crippen LogP contribution in [-0.2, 0) is 39.8 Å². The van der Waals surface area contributed by atoms with Crippen LogP contribution in [0.15, 0.2) is 46.2 Å². The number of nitrogens with one attached hydrogen (secondary N) is 1. The summed E-state index contributed by atoms with van der Waals surface area (Å²) in [6.07, 6.45) is 4.12. The van der Waals surface area contributed by atoms with Crippen LogP contribution in [0.4, 0.5) is 5.69 Å². The number of hydrogen-bond acceptors (Lipinski definition) is 8. The molecular weight excluding hydrogens is 510 g/mol. The highest BCUT2D eigenvalue weighted by Crippen LogP contribution is 2.27. The molecule has 0 aliphatic carbocycles. The molecule has 0 saturated heterocycles. The van der Waals surface area contributed by atoms with Crippen LogP contribution in [0.5, 0.6) is 0 Å². The van der Waals surface area contributed by atoms with E-state index in [0.717, 1.165) is 31.1 Å². The molecule has 0 aromatic heterocycles.